The predicted octanol–water partition coefficient (Wildman–Crippen LogP) is 2.82. The molecule has 6 nitrogen and oxygen atoms in total. The summed E-state index contributed by atoms with van der Waals surface area (Å²) < 4.78 is 26.5. The topological polar surface area (TPSA) is 89.9 Å². The molecule has 3 rings (SSSR count). The molecule has 1 aliphatic heterocycles. The largest absolute Gasteiger partial charge is 0.506 e. The summed E-state index contributed by atoms with van der Waals surface area (Å²) in [5.41, 5.74) is 2.27. The molecule has 0 saturated heterocycles. The number of phenols is 1. The van der Waals surface area contributed by atoms with E-state index < -0.39 is 16.1 Å². The van der Waals surface area contributed by atoms with Crippen molar-refractivity contribution in [2.24, 2.45) is 5.92 Å². The Bertz CT molecular complexity index is 895. The lowest BCUT2D eigenvalue weighted by Gasteiger charge is -2.17. The SMILES string of the molecule is CC(Cc1ccccc1)Cc1ccc(N2C=C(O)NS2(=O)=O)c(O)c1. The molecule has 132 valence electrons. The van der Waals surface area contributed by atoms with Crippen molar-refractivity contribution >= 4 is 15.9 Å². The van der Waals surface area contributed by atoms with Gasteiger partial charge in [0.15, 0.2) is 0 Å². The van der Waals surface area contributed by atoms with E-state index >= 15 is 0 Å². The summed E-state index contributed by atoms with van der Waals surface area (Å²) in [4.78, 5) is 0. The summed E-state index contributed by atoms with van der Waals surface area (Å²) in [5, 5.41) is 19.6. The Hall–Kier alpha value is -2.67. The number of aliphatic hydroxyl groups is 1. The van der Waals surface area contributed by atoms with Crippen LogP contribution in [-0.4, -0.2) is 18.6 Å². The molecule has 0 bridgehead atoms. The number of rotatable bonds is 5. The highest BCUT2D eigenvalue weighted by Crippen LogP contribution is 2.33. The van der Waals surface area contributed by atoms with Gasteiger partial charge in [-0.3, -0.25) is 0 Å². The molecule has 1 unspecified atom stereocenters. The average Bonchev–Trinajstić information content (AvgIpc) is 2.80. The van der Waals surface area contributed by atoms with E-state index in [1.807, 2.05) is 22.9 Å². The molecule has 0 spiro atoms. The van der Waals surface area contributed by atoms with E-state index in [0.29, 0.717) is 5.92 Å². The van der Waals surface area contributed by atoms with E-state index in [1.165, 1.54) is 11.6 Å². The minimum absolute atomic E-state index is 0.0935. The van der Waals surface area contributed by atoms with Crippen molar-refractivity contribution in [2.45, 2.75) is 19.8 Å². The Kier molecular flexibility index (Phi) is 4.59. The number of anilines is 1. The van der Waals surface area contributed by atoms with Gasteiger partial charge < -0.3 is 10.2 Å². The lowest BCUT2D eigenvalue weighted by atomic mass is 9.94. The molecule has 1 aliphatic rings. The van der Waals surface area contributed by atoms with Crippen LogP contribution in [0.2, 0.25) is 0 Å². The minimum atomic E-state index is -3.91. The molecule has 25 heavy (non-hydrogen) atoms. The molecule has 0 saturated carbocycles. The van der Waals surface area contributed by atoms with Crippen molar-refractivity contribution in [1.82, 2.24) is 4.72 Å². The van der Waals surface area contributed by atoms with Crippen molar-refractivity contribution in [3.05, 3.63) is 71.7 Å². The molecule has 7 heteroatoms. The maximum absolute atomic E-state index is 11.9. The molecule has 0 fully saturated rings. The van der Waals surface area contributed by atoms with Gasteiger partial charge in [0.05, 0.1) is 6.20 Å². The van der Waals surface area contributed by atoms with Gasteiger partial charge in [-0.05, 0) is 42.0 Å². The van der Waals surface area contributed by atoms with Crippen LogP contribution in [0, 0.1) is 5.92 Å². The molecule has 1 atom stereocenters. The minimum Gasteiger partial charge on any atom is -0.506 e. The van der Waals surface area contributed by atoms with Crippen molar-refractivity contribution in [1.29, 1.82) is 0 Å². The lowest BCUT2D eigenvalue weighted by Crippen LogP contribution is -2.29. The summed E-state index contributed by atoms with van der Waals surface area (Å²) in [5.74, 6) is -0.269. The van der Waals surface area contributed by atoms with Gasteiger partial charge in [0, 0.05) is 0 Å². The molecule has 0 amide bonds. The quantitative estimate of drug-likeness (QED) is 0.765. The van der Waals surface area contributed by atoms with Crippen LogP contribution < -0.4 is 9.03 Å². The Balaban J connectivity index is 1.74. The van der Waals surface area contributed by atoms with Crippen molar-refractivity contribution in [3.63, 3.8) is 0 Å². The first kappa shape index (κ1) is 17.2. The number of benzene rings is 2. The zero-order valence-electron chi connectivity index (χ0n) is 13.8. The van der Waals surface area contributed by atoms with E-state index in [-0.39, 0.29) is 11.4 Å². The molecule has 1 heterocycles. The number of aromatic hydroxyl groups is 1. The molecule has 3 N–H and O–H groups in total. The summed E-state index contributed by atoms with van der Waals surface area (Å²) >= 11 is 0. The first-order valence-corrected chi connectivity index (χ1v) is 9.38. The van der Waals surface area contributed by atoms with Crippen LogP contribution in [0.5, 0.6) is 5.75 Å². The van der Waals surface area contributed by atoms with Crippen LogP contribution in [0.1, 0.15) is 18.1 Å². The summed E-state index contributed by atoms with van der Waals surface area (Å²) in [6.45, 7) is 2.13. The van der Waals surface area contributed by atoms with Gasteiger partial charge in [-0.1, -0.05) is 43.3 Å². The summed E-state index contributed by atoms with van der Waals surface area (Å²) in [6, 6.07) is 15.1. The van der Waals surface area contributed by atoms with Gasteiger partial charge >= 0.3 is 10.2 Å². The van der Waals surface area contributed by atoms with E-state index in [2.05, 4.69) is 19.1 Å². The number of nitrogens with zero attached hydrogens (tertiary/aromatic N) is 1. The third-order valence-corrected chi connectivity index (χ3v) is 5.31. The van der Waals surface area contributed by atoms with E-state index in [4.69, 9.17) is 0 Å². The lowest BCUT2D eigenvalue weighted by molar-refractivity contribution is 0.392. The Morgan fingerprint density at radius 2 is 1.72 bits per heavy atom. The van der Waals surface area contributed by atoms with Crippen LogP contribution in [0.25, 0.3) is 0 Å². The highest BCUT2D eigenvalue weighted by molar-refractivity contribution is 7.91. The second kappa shape index (κ2) is 6.68. The van der Waals surface area contributed by atoms with Crippen molar-refractivity contribution < 1.29 is 18.6 Å². The van der Waals surface area contributed by atoms with Crippen LogP contribution in [0.15, 0.2) is 60.6 Å². The second-order valence-electron chi connectivity index (χ2n) is 6.24. The van der Waals surface area contributed by atoms with Crippen LogP contribution in [0.4, 0.5) is 5.69 Å². The van der Waals surface area contributed by atoms with E-state index in [1.54, 1.807) is 12.1 Å². The van der Waals surface area contributed by atoms with Gasteiger partial charge in [0.2, 0.25) is 5.88 Å². The number of aliphatic hydroxyl groups excluding tert-OH is 1. The van der Waals surface area contributed by atoms with Crippen LogP contribution in [-0.2, 0) is 23.1 Å². The first-order valence-electron chi connectivity index (χ1n) is 7.94. The van der Waals surface area contributed by atoms with Crippen molar-refractivity contribution in [2.75, 3.05) is 4.31 Å². The number of nitrogens with one attached hydrogen (secondary N) is 1. The molecule has 2 aromatic carbocycles. The fourth-order valence-corrected chi connectivity index (χ4v) is 4.03. The predicted molar refractivity (Wildman–Crippen MR) is 96.4 cm³/mol. The number of hydrogen-bond donors (Lipinski definition) is 3. The standard InChI is InChI=1S/C18H20N2O4S/c1-13(9-14-5-3-2-4-6-14)10-15-7-8-16(17(21)11-15)20-12-18(22)19-25(20,23)24/h2-8,11-13,19,21-22H,9-10H2,1H3. The fraction of sp³-hybridized carbons (Fsp3) is 0.222. The molecule has 0 radical (unpaired) electrons. The maximum Gasteiger partial charge on any atom is 0.330 e. The van der Waals surface area contributed by atoms with E-state index in [0.717, 1.165) is 28.9 Å². The molecular formula is C18H20N2O4S. The normalized spacial score (nSPS) is 17.0. The number of phenolic OH excluding ortho intramolecular Hbond substituents is 1. The van der Waals surface area contributed by atoms with Gasteiger partial charge in [-0.2, -0.15) is 8.42 Å². The molecule has 0 aliphatic carbocycles. The average molecular weight is 360 g/mol. The highest BCUT2D eigenvalue weighted by atomic mass is 32.2. The van der Waals surface area contributed by atoms with Crippen LogP contribution >= 0.6 is 0 Å². The molecular weight excluding hydrogens is 340 g/mol. The zero-order chi connectivity index (χ0) is 18.0. The van der Waals surface area contributed by atoms with Gasteiger partial charge in [0.1, 0.15) is 11.4 Å². The Morgan fingerprint density at radius 1 is 1.04 bits per heavy atom. The van der Waals surface area contributed by atoms with Gasteiger partial charge in [-0.15, -0.1) is 0 Å². The Morgan fingerprint density at radius 3 is 2.32 bits per heavy atom. The third kappa shape index (κ3) is 3.88. The maximum atomic E-state index is 11.9. The Labute approximate surface area is 147 Å². The fourth-order valence-electron chi connectivity index (χ4n) is 2.96. The molecule has 0 aromatic heterocycles. The van der Waals surface area contributed by atoms with E-state index in [9.17, 15) is 18.6 Å². The smallest absolute Gasteiger partial charge is 0.330 e. The first-order chi connectivity index (χ1) is 11.8. The summed E-state index contributed by atoms with van der Waals surface area (Å²) in [6.07, 6.45) is 2.70. The summed E-state index contributed by atoms with van der Waals surface area (Å²) in [7, 11) is -3.91. The zero-order valence-corrected chi connectivity index (χ0v) is 14.6. The second-order valence-corrected chi connectivity index (χ2v) is 7.79. The monoisotopic (exact) mass is 360 g/mol. The third-order valence-electron chi connectivity index (χ3n) is 4.02. The van der Waals surface area contributed by atoms with Crippen LogP contribution in [0.3, 0.4) is 0 Å². The number of hydrogen-bond acceptors (Lipinski definition) is 4. The molecule has 2 aromatic rings. The highest BCUT2D eigenvalue weighted by Gasteiger charge is 2.30. The van der Waals surface area contributed by atoms with Gasteiger partial charge in [-0.25, -0.2) is 9.03 Å². The van der Waals surface area contributed by atoms with Gasteiger partial charge in [0.25, 0.3) is 0 Å². The van der Waals surface area contributed by atoms with Crippen molar-refractivity contribution in [3.8, 4) is 5.75 Å².